The summed E-state index contributed by atoms with van der Waals surface area (Å²) in [5, 5.41) is 42.1. The van der Waals surface area contributed by atoms with E-state index in [2.05, 4.69) is 20.9 Å². The monoisotopic (exact) mass is 604 g/mol. The average molecular weight is 605 g/mol. The molecule has 16 heteroatoms. The van der Waals surface area contributed by atoms with Crippen LogP contribution in [0.4, 0.5) is 0 Å². The van der Waals surface area contributed by atoms with Crippen molar-refractivity contribution < 1.29 is 52.5 Å². The average Bonchev–Trinajstić information content (AvgIpc) is 2.90. The number of aromatic nitrogens is 1. The zero-order valence-corrected chi connectivity index (χ0v) is 24.7. The number of carbonyl (C=O) groups excluding carboxylic acids is 1. The molecule has 4 rings (SSSR count). The summed E-state index contributed by atoms with van der Waals surface area (Å²) in [5.41, 5.74) is 0.383. The predicted molar refractivity (Wildman–Crippen MR) is 143 cm³/mol. The number of fused-ring (bicyclic) bond motifs is 2. The highest BCUT2D eigenvalue weighted by Crippen LogP contribution is 2.49. The van der Waals surface area contributed by atoms with E-state index in [-0.39, 0.29) is 31.8 Å². The fourth-order valence-corrected chi connectivity index (χ4v) is 6.71. The molecule has 10 atom stereocenters. The molecule has 1 aromatic heterocycles. The Hall–Kier alpha value is -1.75. The SMILES string of the molecule is CCOP(=O)(OCC)Oc1ccc(CC(=O)N[C@@H]2C[C@@H](C)O[C@H]3O[C@@H]4[C@@H](O)[C@H](NC)[C@H](O)[C@H](NC)[C@H]4O[C@]32O)nc1. The summed E-state index contributed by atoms with van der Waals surface area (Å²) >= 11 is 0. The van der Waals surface area contributed by atoms with Gasteiger partial charge in [0, 0.05) is 5.69 Å². The van der Waals surface area contributed by atoms with Crippen LogP contribution in [0.3, 0.4) is 0 Å². The summed E-state index contributed by atoms with van der Waals surface area (Å²) in [6, 6.07) is 0.674. The highest BCUT2D eigenvalue weighted by molar-refractivity contribution is 7.48. The number of hydrogen-bond acceptors (Lipinski definition) is 14. The molecule has 1 aromatic rings. The zero-order valence-electron chi connectivity index (χ0n) is 23.8. The maximum Gasteiger partial charge on any atom is 0.530 e. The number of amides is 1. The Morgan fingerprint density at radius 2 is 1.78 bits per heavy atom. The van der Waals surface area contributed by atoms with Crippen molar-refractivity contribution in [3.8, 4) is 5.75 Å². The van der Waals surface area contributed by atoms with E-state index in [0.29, 0.717) is 5.69 Å². The molecule has 1 saturated carbocycles. The second-order valence-corrected chi connectivity index (χ2v) is 11.8. The number of nitrogens with one attached hydrogen (secondary N) is 3. The number of rotatable bonds is 11. The van der Waals surface area contributed by atoms with Crippen LogP contribution in [0.5, 0.6) is 5.75 Å². The molecule has 3 aliphatic rings. The first-order valence-electron chi connectivity index (χ1n) is 13.7. The maximum absolute atomic E-state index is 13.1. The normalized spacial score (nSPS) is 37.1. The zero-order chi connectivity index (χ0) is 29.9. The van der Waals surface area contributed by atoms with Crippen LogP contribution < -0.4 is 20.5 Å². The third-order valence-corrected chi connectivity index (χ3v) is 9.00. The molecule has 0 unspecified atom stereocenters. The molecule has 2 saturated heterocycles. The van der Waals surface area contributed by atoms with E-state index in [1.165, 1.54) is 18.3 Å². The lowest BCUT2D eigenvalue weighted by Crippen LogP contribution is -2.79. The topological polar surface area (TPSA) is 199 Å². The Labute approximate surface area is 238 Å². The molecule has 2 aliphatic heterocycles. The molecule has 0 aromatic carbocycles. The number of aliphatic hydroxyl groups excluding tert-OH is 2. The summed E-state index contributed by atoms with van der Waals surface area (Å²) in [4.78, 5) is 17.3. The summed E-state index contributed by atoms with van der Waals surface area (Å²) in [5.74, 6) is -2.41. The van der Waals surface area contributed by atoms with E-state index in [4.69, 9.17) is 27.8 Å². The van der Waals surface area contributed by atoms with E-state index in [1.54, 1.807) is 34.9 Å². The minimum Gasteiger partial charge on any atom is -0.402 e. The highest BCUT2D eigenvalue weighted by Gasteiger charge is 2.63. The molecule has 232 valence electrons. The maximum atomic E-state index is 13.1. The van der Waals surface area contributed by atoms with Crippen molar-refractivity contribution in [3.05, 3.63) is 24.0 Å². The Morgan fingerprint density at radius 1 is 1.10 bits per heavy atom. The van der Waals surface area contributed by atoms with Crippen LogP contribution in [0, 0.1) is 0 Å². The largest absolute Gasteiger partial charge is 0.530 e. The number of phosphoric ester groups is 1. The third kappa shape index (κ3) is 6.76. The molecule has 1 aliphatic carbocycles. The standard InChI is InChI=1S/C25H41N4O11P/c1-6-35-41(34,36-7-2)40-15-9-8-14(28-12-15)11-17(30)29-16-10-13(3)37-24-25(16,33)39-22-19(27-5)20(31)18(26-4)21(32)23(22)38-24/h8-9,12-13,16,18-24,26-27,31-33H,6-7,10-11H2,1-5H3,(H,29,30)/t13-,16-,18-,19+,20+,21+,22-,23-,24+,25+/m1/s1. The number of aliphatic hydroxyl groups is 3. The van der Waals surface area contributed by atoms with Gasteiger partial charge in [0.05, 0.1) is 56.2 Å². The van der Waals surface area contributed by atoms with Crippen molar-refractivity contribution in [1.29, 1.82) is 0 Å². The van der Waals surface area contributed by atoms with Gasteiger partial charge in [0.25, 0.3) is 0 Å². The van der Waals surface area contributed by atoms with Crippen molar-refractivity contribution in [2.45, 2.75) is 94.3 Å². The summed E-state index contributed by atoms with van der Waals surface area (Å²) < 4.78 is 46.2. The first-order valence-corrected chi connectivity index (χ1v) is 15.2. The van der Waals surface area contributed by atoms with Gasteiger partial charge in [-0.05, 0) is 53.4 Å². The molecule has 3 heterocycles. The first-order chi connectivity index (χ1) is 19.5. The van der Waals surface area contributed by atoms with Crippen molar-refractivity contribution in [2.24, 2.45) is 0 Å². The third-order valence-electron chi connectivity index (χ3n) is 7.42. The summed E-state index contributed by atoms with van der Waals surface area (Å²) in [7, 11) is -0.546. The fraction of sp³-hybridized carbons (Fsp3) is 0.760. The predicted octanol–water partition coefficient (Wildman–Crippen LogP) is -0.812. The van der Waals surface area contributed by atoms with E-state index in [9.17, 15) is 24.7 Å². The van der Waals surface area contributed by atoms with Gasteiger partial charge in [-0.2, -0.15) is 0 Å². The summed E-state index contributed by atoms with van der Waals surface area (Å²) in [6.45, 7) is 5.35. The highest BCUT2D eigenvalue weighted by atomic mass is 31.2. The molecule has 41 heavy (non-hydrogen) atoms. The van der Waals surface area contributed by atoms with Gasteiger partial charge in [-0.3, -0.25) is 18.8 Å². The fourth-order valence-electron chi connectivity index (χ4n) is 5.53. The molecule has 0 spiro atoms. The molecular formula is C25H41N4O11P. The quantitative estimate of drug-likeness (QED) is 0.171. The van der Waals surface area contributed by atoms with E-state index in [1.807, 2.05) is 0 Å². The molecule has 15 nitrogen and oxygen atoms in total. The van der Waals surface area contributed by atoms with Crippen molar-refractivity contribution >= 4 is 13.7 Å². The number of pyridine rings is 1. The van der Waals surface area contributed by atoms with Crippen molar-refractivity contribution in [1.82, 2.24) is 20.9 Å². The number of ether oxygens (including phenoxy) is 3. The smallest absolute Gasteiger partial charge is 0.402 e. The summed E-state index contributed by atoms with van der Waals surface area (Å²) in [6.07, 6.45) is -4.45. The van der Waals surface area contributed by atoms with Crippen LogP contribution in [-0.4, -0.2) is 114 Å². The number of nitrogens with zero attached hydrogens (tertiary/aromatic N) is 1. The van der Waals surface area contributed by atoms with Gasteiger partial charge in [-0.25, -0.2) is 4.57 Å². The Bertz CT molecular complexity index is 1070. The minimum absolute atomic E-state index is 0.129. The molecule has 0 bridgehead atoms. The molecule has 6 N–H and O–H groups in total. The molecule has 3 fully saturated rings. The molecule has 1 amide bonds. The molecule has 0 radical (unpaired) electrons. The second-order valence-electron chi connectivity index (χ2n) is 10.2. The molecular weight excluding hydrogens is 563 g/mol. The van der Waals surface area contributed by atoms with E-state index in [0.717, 1.165) is 0 Å². The van der Waals surface area contributed by atoms with Crippen LogP contribution in [0.1, 0.15) is 32.9 Å². The van der Waals surface area contributed by atoms with E-state index < -0.39 is 74.5 Å². The van der Waals surface area contributed by atoms with Gasteiger partial charge in [-0.15, -0.1) is 0 Å². The van der Waals surface area contributed by atoms with E-state index >= 15 is 0 Å². The Kier molecular flexibility index (Phi) is 10.4. The number of hydrogen-bond donors (Lipinski definition) is 6. The van der Waals surface area contributed by atoms with Gasteiger partial charge in [0.15, 0.2) is 0 Å². The number of likely N-dealkylation sites (N-methyl/N-ethyl adjacent to an activating group) is 2. The van der Waals surface area contributed by atoms with Crippen LogP contribution in [0.15, 0.2) is 18.3 Å². The lowest BCUT2D eigenvalue weighted by Gasteiger charge is -2.58. The van der Waals surface area contributed by atoms with Gasteiger partial charge in [0.2, 0.25) is 18.0 Å². The minimum atomic E-state index is -3.79. The number of carbonyl (C=O) groups is 1. The van der Waals surface area contributed by atoms with Crippen LogP contribution >= 0.6 is 7.82 Å². The lowest BCUT2D eigenvalue weighted by molar-refractivity contribution is -0.449. The van der Waals surface area contributed by atoms with Crippen LogP contribution in [-0.2, 0) is 39.0 Å². The van der Waals surface area contributed by atoms with Gasteiger partial charge in [-0.1, -0.05) is 0 Å². The second kappa shape index (κ2) is 13.3. The van der Waals surface area contributed by atoms with Gasteiger partial charge >= 0.3 is 7.82 Å². The van der Waals surface area contributed by atoms with Gasteiger partial charge in [0.1, 0.15) is 24.1 Å². The van der Waals surface area contributed by atoms with Crippen LogP contribution in [0.25, 0.3) is 0 Å². The van der Waals surface area contributed by atoms with Crippen molar-refractivity contribution in [3.63, 3.8) is 0 Å². The van der Waals surface area contributed by atoms with Crippen LogP contribution in [0.2, 0.25) is 0 Å². The first kappa shape index (κ1) is 32.2. The Morgan fingerprint density at radius 3 is 2.37 bits per heavy atom. The van der Waals surface area contributed by atoms with Gasteiger partial charge < -0.3 is 50.0 Å². The van der Waals surface area contributed by atoms with Crippen molar-refractivity contribution in [2.75, 3.05) is 27.3 Å². The lowest BCUT2D eigenvalue weighted by atomic mass is 9.79. The Balaban J connectivity index is 1.45. The number of phosphoric acid groups is 1.